The van der Waals surface area contributed by atoms with Crippen molar-refractivity contribution in [2.24, 2.45) is 0 Å². The number of benzene rings is 3. The van der Waals surface area contributed by atoms with Gasteiger partial charge in [0.2, 0.25) is 0 Å². The Hall–Kier alpha value is -3.27. The molecule has 0 aromatic heterocycles. The molecule has 0 atom stereocenters. The van der Waals surface area contributed by atoms with Crippen LogP contribution in [0.1, 0.15) is 15.9 Å². The quantitative estimate of drug-likeness (QED) is 0.696. The first-order valence-electron chi connectivity index (χ1n) is 7.65. The fraction of sp³-hybridized carbons (Fsp3) is 0.0500. The van der Waals surface area contributed by atoms with E-state index in [9.17, 15) is 4.79 Å². The van der Waals surface area contributed by atoms with Crippen LogP contribution in [0, 0.1) is 0 Å². The lowest BCUT2D eigenvalue weighted by Crippen LogP contribution is -2.13. The monoisotopic (exact) mass is 318 g/mol. The molecular weight excluding hydrogens is 300 g/mol. The molecule has 3 aromatic carbocycles. The Labute approximate surface area is 140 Å². The molecule has 1 amide bonds. The molecule has 0 radical (unpaired) electrons. The lowest BCUT2D eigenvalue weighted by molar-refractivity contribution is 0.102. The molecule has 3 N–H and O–H groups in total. The van der Waals surface area contributed by atoms with E-state index in [1.807, 2.05) is 48.5 Å². The number of ether oxygens (including phenoxy) is 1. The van der Waals surface area contributed by atoms with Crippen molar-refractivity contribution in [3.63, 3.8) is 0 Å². The predicted molar refractivity (Wildman–Crippen MR) is 96.0 cm³/mol. The molecule has 3 rings (SSSR count). The summed E-state index contributed by atoms with van der Waals surface area (Å²) in [5, 5.41) is 2.87. The average molecular weight is 318 g/mol. The lowest BCUT2D eigenvalue weighted by Gasteiger charge is -2.13. The van der Waals surface area contributed by atoms with Crippen molar-refractivity contribution in [3.05, 3.63) is 90.0 Å². The molecule has 0 aliphatic rings. The maximum absolute atomic E-state index is 12.3. The lowest BCUT2D eigenvalue weighted by atomic mass is 10.2. The average Bonchev–Trinajstić information content (AvgIpc) is 2.63. The second kappa shape index (κ2) is 7.33. The normalized spacial score (nSPS) is 10.2. The van der Waals surface area contributed by atoms with Crippen LogP contribution in [-0.4, -0.2) is 5.91 Å². The summed E-state index contributed by atoms with van der Waals surface area (Å²) in [6, 6.07) is 24.1. The number of carbonyl (C=O) groups excluding carboxylic acids is 1. The standard InChI is InChI=1S/C20H18N2O2/c21-17-11-12-18(22-20(23)16-9-5-2-6-10-16)19(13-17)24-14-15-7-3-1-4-8-15/h1-13H,14,21H2,(H,22,23). The van der Waals surface area contributed by atoms with E-state index in [4.69, 9.17) is 10.5 Å². The summed E-state index contributed by atoms with van der Waals surface area (Å²) in [5.41, 5.74) is 8.65. The number of amides is 1. The molecule has 0 saturated heterocycles. The van der Waals surface area contributed by atoms with Crippen LogP contribution < -0.4 is 15.8 Å². The molecule has 0 saturated carbocycles. The van der Waals surface area contributed by atoms with Gasteiger partial charge >= 0.3 is 0 Å². The van der Waals surface area contributed by atoms with E-state index < -0.39 is 0 Å². The van der Waals surface area contributed by atoms with E-state index in [1.54, 1.807) is 30.3 Å². The molecule has 3 aromatic rings. The van der Waals surface area contributed by atoms with Gasteiger partial charge in [0.05, 0.1) is 5.69 Å². The van der Waals surface area contributed by atoms with E-state index in [0.29, 0.717) is 29.3 Å². The largest absolute Gasteiger partial charge is 0.487 e. The summed E-state index contributed by atoms with van der Waals surface area (Å²) in [6.07, 6.45) is 0. The molecule has 0 fully saturated rings. The number of anilines is 2. The molecule has 0 heterocycles. The Kier molecular flexibility index (Phi) is 4.77. The van der Waals surface area contributed by atoms with Gasteiger partial charge in [0.25, 0.3) is 5.91 Å². The van der Waals surface area contributed by atoms with Gasteiger partial charge in [-0.25, -0.2) is 0 Å². The number of hydrogen-bond acceptors (Lipinski definition) is 3. The topological polar surface area (TPSA) is 64.3 Å². The Bertz CT molecular complexity index is 818. The van der Waals surface area contributed by atoms with Crippen LogP contribution in [0.2, 0.25) is 0 Å². The smallest absolute Gasteiger partial charge is 0.255 e. The Morgan fingerprint density at radius 1 is 0.917 bits per heavy atom. The van der Waals surface area contributed by atoms with Gasteiger partial charge in [-0.2, -0.15) is 0 Å². The van der Waals surface area contributed by atoms with Crippen molar-refractivity contribution in [2.45, 2.75) is 6.61 Å². The van der Waals surface area contributed by atoms with Crippen molar-refractivity contribution in [2.75, 3.05) is 11.1 Å². The van der Waals surface area contributed by atoms with Gasteiger partial charge in [0.1, 0.15) is 12.4 Å². The van der Waals surface area contributed by atoms with E-state index in [1.165, 1.54) is 0 Å². The minimum atomic E-state index is -0.190. The number of nitrogen functional groups attached to an aromatic ring is 1. The van der Waals surface area contributed by atoms with Gasteiger partial charge in [0, 0.05) is 17.3 Å². The van der Waals surface area contributed by atoms with Gasteiger partial charge < -0.3 is 15.8 Å². The summed E-state index contributed by atoms with van der Waals surface area (Å²) in [7, 11) is 0. The van der Waals surface area contributed by atoms with Crippen LogP contribution in [0.25, 0.3) is 0 Å². The SMILES string of the molecule is Nc1ccc(NC(=O)c2ccccc2)c(OCc2ccccc2)c1. The molecular formula is C20H18N2O2. The van der Waals surface area contributed by atoms with Crippen LogP contribution in [0.4, 0.5) is 11.4 Å². The van der Waals surface area contributed by atoms with Crippen molar-refractivity contribution < 1.29 is 9.53 Å². The maximum atomic E-state index is 12.3. The summed E-state index contributed by atoms with van der Waals surface area (Å²) in [6.45, 7) is 0.401. The van der Waals surface area contributed by atoms with Crippen LogP contribution in [0.5, 0.6) is 5.75 Å². The number of rotatable bonds is 5. The van der Waals surface area contributed by atoms with Crippen molar-refractivity contribution in [3.8, 4) is 5.75 Å². The number of carbonyl (C=O) groups is 1. The molecule has 0 aliphatic carbocycles. The molecule has 4 heteroatoms. The van der Waals surface area contributed by atoms with Crippen molar-refractivity contribution >= 4 is 17.3 Å². The fourth-order valence-electron chi connectivity index (χ4n) is 2.28. The Balaban J connectivity index is 1.77. The summed E-state index contributed by atoms with van der Waals surface area (Å²) < 4.78 is 5.85. The number of nitrogens with one attached hydrogen (secondary N) is 1. The highest BCUT2D eigenvalue weighted by atomic mass is 16.5. The van der Waals surface area contributed by atoms with Gasteiger partial charge in [-0.05, 0) is 29.8 Å². The highest BCUT2D eigenvalue weighted by molar-refractivity contribution is 6.05. The molecule has 0 spiro atoms. The van der Waals surface area contributed by atoms with Crippen molar-refractivity contribution in [1.29, 1.82) is 0 Å². The predicted octanol–water partition coefficient (Wildman–Crippen LogP) is 4.10. The first kappa shape index (κ1) is 15.6. The van der Waals surface area contributed by atoms with Crippen LogP contribution in [-0.2, 0) is 6.61 Å². The second-order valence-electron chi connectivity index (χ2n) is 5.35. The third-order valence-electron chi connectivity index (χ3n) is 3.53. The maximum Gasteiger partial charge on any atom is 0.255 e. The minimum Gasteiger partial charge on any atom is -0.487 e. The first-order chi connectivity index (χ1) is 11.7. The first-order valence-corrected chi connectivity index (χ1v) is 7.65. The summed E-state index contributed by atoms with van der Waals surface area (Å²) >= 11 is 0. The van der Waals surface area contributed by atoms with Crippen molar-refractivity contribution in [1.82, 2.24) is 0 Å². The Morgan fingerprint density at radius 3 is 2.29 bits per heavy atom. The van der Waals surface area contributed by atoms with Gasteiger partial charge in [-0.15, -0.1) is 0 Å². The highest BCUT2D eigenvalue weighted by Crippen LogP contribution is 2.28. The molecule has 0 unspecified atom stereocenters. The van der Waals surface area contributed by atoms with E-state index in [2.05, 4.69) is 5.32 Å². The number of nitrogens with two attached hydrogens (primary N) is 1. The molecule has 24 heavy (non-hydrogen) atoms. The van der Waals surface area contributed by atoms with Crippen LogP contribution in [0.15, 0.2) is 78.9 Å². The van der Waals surface area contributed by atoms with Gasteiger partial charge in [-0.1, -0.05) is 48.5 Å². The van der Waals surface area contributed by atoms with Crippen LogP contribution in [0.3, 0.4) is 0 Å². The van der Waals surface area contributed by atoms with E-state index in [0.717, 1.165) is 5.56 Å². The van der Waals surface area contributed by atoms with E-state index >= 15 is 0 Å². The third-order valence-corrected chi connectivity index (χ3v) is 3.53. The van der Waals surface area contributed by atoms with Gasteiger partial charge in [0.15, 0.2) is 0 Å². The third kappa shape index (κ3) is 3.93. The van der Waals surface area contributed by atoms with Crippen LogP contribution >= 0.6 is 0 Å². The zero-order valence-electron chi connectivity index (χ0n) is 13.1. The zero-order valence-corrected chi connectivity index (χ0v) is 13.1. The van der Waals surface area contributed by atoms with Gasteiger partial charge in [-0.3, -0.25) is 4.79 Å². The zero-order chi connectivity index (χ0) is 16.8. The summed E-state index contributed by atoms with van der Waals surface area (Å²) in [4.78, 5) is 12.3. The molecule has 120 valence electrons. The minimum absolute atomic E-state index is 0.190. The fourth-order valence-corrected chi connectivity index (χ4v) is 2.28. The number of hydrogen-bond donors (Lipinski definition) is 2. The highest BCUT2D eigenvalue weighted by Gasteiger charge is 2.10. The van der Waals surface area contributed by atoms with E-state index in [-0.39, 0.29) is 5.91 Å². The summed E-state index contributed by atoms with van der Waals surface area (Å²) in [5.74, 6) is 0.355. The Morgan fingerprint density at radius 2 is 1.58 bits per heavy atom. The molecule has 0 aliphatic heterocycles. The second-order valence-corrected chi connectivity index (χ2v) is 5.35. The molecule has 0 bridgehead atoms. The molecule has 4 nitrogen and oxygen atoms in total.